The number of rotatable bonds is 3. The van der Waals surface area contributed by atoms with Gasteiger partial charge in [0.05, 0.1) is 13.0 Å². The minimum Gasteiger partial charge on any atom is -0.465 e. The molecule has 8 heteroatoms. The Morgan fingerprint density at radius 3 is 2.83 bits per heavy atom. The maximum atomic E-state index is 12.2. The highest BCUT2D eigenvalue weighted by molar-refractivity contribution is 8.00. The van der Waals surface area contributed by atoms with Gasteiger partial charge in [-0.3, -0.25) is 0 Å². The second kappa shape index (κ2) is 4.94. The zero-order chi connectivity index (χ0) is 13.3. The number of hydrogen-bond acceptors (Lipinski definition) is 6. The van der Waals surface area contributed by atoms with Gasteiger partial charge in [0.25, 0.3) is 10.0 Å². The van der Waals surface area contributed by atoms with Crippen LogP contribution in [0.15, 0.2) is 15.6 Å². The Bertz CT molecular complexity index is 557. The van der Waals surface area contributed by atoms with Gasteiger partial charge in [0.1, 0.15) is 11.3 Å². The summed E-state index contributed by atoms with van der Waals surface area (Å²) in [6, 6.07) is 1.22. The molecule has 2 rings (SSSR count). The molecule has 1 aliphatic heterocycles. The highest BCUT2D eigenvalue weighted by Gasteiger charge is 2.32. The van der Waals surface area contributed by atoms with Crippen LogP contribution in [0.1, 0.15) is 16.1 Å². The summed E-state index contributed by atoms with van der Waals surface area (Å²) >= 11 is 1.54. The highest BCUT2D eigenvalue weighted by Crippen LogP contribution is 2.26. The quantitative estimate of drug-likeness (QED) is 0.775. The Hall–Kier alpha value is -0.990. The van der Waals surface area contributed by atoms with Crippen molar-refractivity contribution in [2.45, 2.75) is 12.0 Å². The molecule has 0 spiro atoms. The molecule has 100 valence electrons. The van der Waals surface area contributed by atoms with Crippen LogP contribution in [-0.4, -0.2) is 44.0 Å². The van der Waals surface area contributed by atoms with Gasteiger partial charge in [0, 0.05) is 18.4 Å². The van der Waals surface area contributed by atoms with Crippen molar-refractivity contribution in [1.29, 1.82) is 0 Å². The minimum atomic E-state index is -3.64. The number of methoxy groups -OCH3 is 1. The van der Waals surface area contributed by atoms with Crippen molar-refractivity contribution in [2.24, 2.45) is 0 Å². The summed E-state index contributed by atoms with van der Waals surface area (Å²) in [5.74, 6) is 0.819. The van der Waals surface area contributed by atoms with Crippen LogP contribution in [0.25, 0.3) is 0 Å². The maximum absolute atomic E-state index is 12.2. The van der Waals surface area contributed by atoms with E-state index in [2.05, 4.69) is 4.74 Å². The van der Waals surface area contributed by atoms with E-state index in [1.54, 1.807) is 0 Å². The van der Waals surface area contributed by atoms with Crippen molar-refractivity contribution in [3.05, 3.63) is 17.4 Å². The monoisotopic (exact) mass is 291 g/mol. The second-order valence-electron chi connectivity index (χ2n) is 3.74. The van der Waals surface area contributed by atoms with E-state index >= 15 is 0 Å². The third-order valence-corrected chi connectivity index (χ3v) is 5.45. The van der Waals surface area contributed by atoms with Gasteiger partial charge in [0.2, 0.25) is 5.09 Å². The summed E-state index contributed by atoms with van der Waals surface area (Å²) in [5.41, 5.74) is 0.142. The molecule has 0 N–H and O–H groups in total. The summed E-state index contributed by atoms with van der Waals surface area (Å²) in [7, 11) is -2.41. The molecule has 1 aliphatic rings. The van der Waals surface area contributed by atoms with Gasteiger partial charge in [-0.05, 0) is 6.92 Å². The molecular weight excluding hydrogens is 278 g/mol. The molecule has 1 aromatic heterocycles. The third kappa shape index (κ3) is 2.27. The predicted octanol–water partition coefficient (Wildman–Crippen LogP) is 1.07. The van der Waals surface area contributed by atoms with Crippen molar-refractivity contribution < 1.29 is 22.4 Å². The first-order valence-corrected chi connectivity index (χ1v) is 7.83. The number of carbonyl (C=O) groups excluding carboxylic acids is 1. The lowest BCUT2D eigenvalue weighted by atomic mass is 10.3. The average Bonchev–Trinajstić information content (AvgIpc) is 2.97. The van der Waals surface area contributed by atoms with E-state index < -0.39 is 16.0 Å². The van der Waals surface area contributed by atoms with Crippen LogP contribution in [0.2, 0.25) is 0 Å². The van der Waals surface area contributed by atoms with Crippen molar-refractivity contribution in [1.82, 2.24) is 4.31 Å². The van der Waals surface area contributed by atoms with Gasteiger partial charge in [-0.25, -0.2) is 13.2 Å². The Kier molecular flexibility index (Phi) is 3.69. The summed E-state index contributed by atoms with van der Waals surface area (Å²) in [6.45, 7) is 1.99. The Balaban J connectivity index is 2.37. The molecule has 0 radical (unpaired) electrons. The van der Waals surface area contributed by atoms with E-state index in [0.29, 0.717) is 12.4 Å². The zero-order valence-electron chi connectivity index (χ0n) is 10.0. The fraction of sp³-hybridized carbons (Fsp3) is 0.500. The fourth-order valence-electron chi connectivity index (χ4n) is 1.61. The molecule has 0 amide bonds. The number of hydrogen-bond donors (Lipinski definition) is 0. The van der Waals surface area contributed by atoms with Gasteiger partial charge in [-0.1, -0.05) is 0 Å². The van der Waals surface area contributed by atoms with Crippen LogP contribution >= 0.6 is 11.8 Å². The van der Waals surface area contributed by atoms with Gasteiger partial charge >= 0.3 is 5.97 Å². The third-order valence-electron chi connectivity index (χ3n) is 2.61. The Morgan fingerprint density at radius 1 is 1.56 bits per heavy atom. The van der Waals surface area contributed by atoms with Crippen LogP contribution < -0.4 is 0 Å². The van der Waals surface area contributed by atoms with Gasteiger partial charge < -0.3 is 9.15 Å². The normalized spacial score (nSPS) is 17.0. The van der Waals surface area contributed by atoms with Crippen LogP contribution in [0.3, 0.4) is 0 Å². The number of esters is 1. The fourth-order valence-corrected chi connectivity index (χ4v) is 4.40. The molecule has 18 heavy (non-hydrogen) atoms. The second-order valence-corrected chi connectivity index (χ2v) is 6.69. The minimum absolute atomic E-state index is 0.142. The van der Waals surface area contributed by atoms with Crippen LogP contribution in [0.5, 0.6) is 0 Å². The maximum Gasteiger partial charge on any atom is 0.341 e. The number of ether oxygens (including phenoxy) is 1. The number of nitrogens with zero attached hydrogens (tertiary/aromatic N) is 1. The van der Waals surface area contributed by atoms with E-state index in [1.165, 1.54) is 36.2 Å². The topological polar surface area (TPSA) is 76.8 Å². The molecule has 0 atom stereocenters. The molecule has 0 unspecified atom stereocenters. The first kappa shape index (κ1) is 13.4. The van der Waals surface area contributed by atoms with Crippen LogP contribution in [0.4, 0.5) is 0 Å². The summed E-state index contributed by atoms with van der Waals surface area (Å²) < 4.78 is 35.4. The molecule has 1 aromatic rings. The molecular formula is C10H13NO5S2. The number of carbonyl (C=O) groups is 1. The van der Waals surface area contributed by atoms with E-state index in [4.69, 9.17) is 4.42 Å². The molecule has 0 saturated carbocycles. The van der Waals surface area contributed by atoms with E-state index in [9.17, 15) is 13.2 Å². The highest BCUT2D eigenvalue weighted by atomic mass is 32.2. The van der Waals surface area contributed by atoms with Gasteiger partial charge in [-0.15, -0.1) is 11.8 Å². The summed E-state index contributed by atoms with van der Waals surface area (Å²) in [5, 5.41) is -0.206. The SMILES string of the molecule is COC(=O)c1cc(S(=O)(=O)N2CCSC2)oc1C. The first-order valence-electron chi connectivity index (χ1n) is 5.23. The molecule has 1 saturated heterocycles. The number of aryl methyl sites for hydroxylation is 1. The number of thioether (sulfide) groups is 1. The Labute approximate surface area is 109 Å². The largest absolute Gasteiger partial charge is 0.465 e. The van der Waals surface area contributed by atoms with Crippen LogP contribution in [-0.2, 0) is 14.8 Å². The molecule has 0 aliphatic carbocycles. The summed E-state index contributed by atoms with van der Waals surface area (Å²) in [4.78, 5) is 11.4. The first-order chi connectivity index (χ1) is 8.46. The van der Waals surface area contributed by atoms with Crippen molar-refractivity contribution >= 4 is 27.8 Å². The molecule has 0 aromatic carbocycles. The predicted molar refractivity (Wildman–Crippen MR) is 66.0 cm³/mol. The number of furan rings is 1. The lowest BCUT2D eigenvalue weighted by Gasteiger charge is -2.11. The van der Waals surface area contributed by atoms with Crippen molar-refractivity contribution in [2.75, 3.05) is 25.3 Å². The lowest BCUT2D eigenvalue weighted by molar-refractivity contribution is 0.0599. The van der Waals surface area contributed by atoms with Crippen LogP contribution in [0, 0.1) is 6.92 Å². The van der Waals surface area contributed by atoms with E-state index in [-0.39, 0.29) is 16.4 Å². The summed E-state index contributed by atoms with van der Waals surface area (Å²) in [6.07, 6.45) is 0. The molecule has 1 fully saturated rings. The standard InChI is InChI=1S/C10H13NO5S2/c1-7-8(10(12)15-2)5-9(16-7)18(13,14)11-3-4-17-6-11/h5H,3-4,6H2,1-2H3. The van der Waals surface area contributed by atoms with Crippen molar-refractivity contribution in [3.63, 3.8) is 0 Å². The van der Waals surface area contributed by atoms with E-state index in [0.717, 1.165) is 5.75 Å². The zero-order valence-corrected chi connectivity index (χ0v) is 11.6. The Morgan fingerprint density at radius 2 is 2.28 bits per heavy atom. The lowest BCUT2D eigenvalue weighted by Crippen LogP contribution is -2.27. The van der Waals surface area contributed by atoms with Gasteiger partial charge in [-0.2, -0.15) is 4.31 Å². The number of sulfonamides is 1. The molecule has 2 heterocycles. The average molecular weight is 291 g/mol. The van der Waals surface area contributed by atoms with Gasteiger partial charge in [0.15, 0.2) is 0 Å². The van der Waals surface area contributed by atoms with E-state index in [1.807, 2.05) is 0 Å². The smallest absolute Gasteiger partial charge is 0.341 e. The molecule has 6 nitrogen and oxygen atoms in total. The van der Waals surface area contributed by atoms with Crippen molar-refractivity contribution in [3.8, 4) is 0 Å². The molecule has 0 bridgehead atoms.